The first-order valence-electron chi connectivity index (χ1n) is 11.3. The van der Waals surface area contributed by atoms with Gasteiger partial charge < -0.3 is 0 Å². The van der Waals surface area contributed by atoms with Crippen molar-refractivity contribution in [2.75, 3.05) is 5.75 Å². The van der Waals surface area contributed by atoms with E-state index in [1.165, 1.54) is 95.6 Å². The molecule has 2 nitrogen and oxygen atoms in total. The fourth-order valence-electron chi connectivity index (χ4n) is 3.54. The quantitative estimate of drug-likeness (QED) is 0.198. The first kappa shape index (κ1) is 23.6. The summed E-state index contributed by atoms with van der Waals surface area (Å²) in [4.78, 5) is 0. The van der Waals surface area contributed by atoms with Crippen molar-refractivity contribution in [3.8, 4) is 0 Å². The van der Waals surface area contributed by atoms with Crippen LogP contribution in [0.1, 0.15) is 104 Å². The summed E-state index contributed by atoms with van der Waals surface area (Å²) in [7, 11) is 2.09. The number of imidazole rings is 1. The molecule has 0 spiro atoms. The molecular weight excluding hydrogens is 336 g/mol. The van der Waals surface area contributed by atoms with Gasteiger partial charge in [-0.2, -0.15) is 11.8 Å². The average molecular weight is 382 g/mol. The predicted octanol–water partition coefficient (Wildman–Crippen LogP) is 6.92. The predicted molar refractivity (Wildman–Crippen MR) is 118 cm³/mol. The maximum Gasteiger partial charge on any atom is 0.243 e. The van der Waals surface area contributed by atoms with Crippen molar-refractivity contribution in [2.24, 2.45) is 7.05 Å². The van der Waals surface area contributed by atoms with E-state index in [0.717, 1.165) is 6.54 Å². The van der Waals surface area contributed by atoms with Crippen LogP contribution in [0.4, 0.5) is 0 Å². The lowest BCUT2D eigenvalue weighted by Gasteiger charge is -2.08. The van der Waals surface area contributed by atoms with E-state index >= 15 is 0 Å². The molecule has 0 radical (unpaired) electrons. The number of hydrogen-bond acceptors (Lipinski definition) is 1. The molecule has 1 aromatic heterocycles. The van der Waals surface area contributed by atoms with E-state index in [-0.39, 0.29) is 0 Å². The molecule has 1 heterocycles. The first-order valence-corrected chi connectivity index (χ1v) is 12.4. The van der Waals surface area contributed by atoms with Gasteiger partial charge >= 0.3 is 0 Å². The molecule has 152 valence electrons. The van der Waals surface area contributed by atoms with E-state index in [9.17, 15) is 0 Å². The molecule has 0 bridgehead atoms. The van der Waals surface area contributed by atoms with Crippen molar-refractivity contribution < 1.29 is 4.57 Å². The topological polar surface area (TPSA) is 8.81 Å². The van der Waals surface area contributed by atoms with Crippen LogP contribution in [0.15, 0.2) is 18.7 Å². The van der Waals surface area contributed by atoms with E-state index in [2.05, 4.69) is 60.5 Å². The third-order valence-electron chi connectivity index (χ3n) is 5.19. The van der Waals surface area contributed by atoms with Gasteiger partial charge in [0.05, 0.1) is 7.05 Å². The lowest BCUT2D eigenvalue weighted by atomic mass is 10.0. The van der Waals surface area contributed by atoms with Gasteiger partial charge in [-0.1, -0.05) is 90.4 Å². The number of thioether (sulfide) groups is 1. The molecule has 0 aliphatic carbocycles. The standard InChI is InChI=1S/C23H45N2S/c1-4-5-6-7-8-9-10-11-12-13-14-15-16-17-20-26-23(2)21-25-19-18-24(3)22-25/h18-19,22-23H,4-17,20-21H2,1-3H3/q+1. The van der Waals surface area contributed by atoms with Crippen LogP contribution in [0, 0.1) is 0 Å². The molecule has 0 amide bonds. The zero-order valence-electron chi connectivity index (χ0n) is 17.9. The Balaban J connectivity index is 1.76. The Kier molecular flexibility index (Phi) is 15.2. The van der Waals surface area contributed by atoms with E-state index in [1.54, 1.807) is 0 Å². The number of aromatic nitrogens is 2. The number of rotatable bonds is 18. The molecule has 0 saturated heterocycles. The maximum atomic E-state index is 2.36. The molecule has 0 aromatic carbocycles. The molecule has 1 unspecified atom stereocenters. The highest BCUT2D eigenvalue weighted by atomic mass is 32.2. The summed E-state index contributed by atoms with van der Waals surface area (Å²) in [5.74, 6) is 1.33. The van der Waals surface area contributed by atoms with Gasteiger partial charge in [0.1, 0.15) is 18.9 Å². The second-order valence-corrected chi connectivity index (χ2v) is 9.60. The van der Waals surface area contributed by atoms with Gasteiger partial charge in [0, 0.05) is 5.25 Å². The second-order valence-electron chi connectivity index (χ2n) is 8.05. The van der Waals surface area contributed by atoms with Gasteiger partial charge in [-0.3, -0.25) is 0 Å². The Morgan fingerprint density at radius 3 is 1.77 bits per heavy atom. The van der Waals surface area contributed by atoms with Crippen molar-refractivity contribution in [3.05, 3.63) is 18.7 Å². The Labute approximate surface area is 168 Å². The smallest absolute Gasteiger partial charge is 0.240 e. The van der Waals surface area contributed by atoms with Crippen LogP contribution in [-0.2, 0) is 13.6 Å². The molecule has 0 aliphatic heterocycles. The monoisotopic (exact) mass is 381 g/mol. The van der Waals surface area contributed by atoms with Gasteiger partial charge in [0.15, 0.2) is 0 Å². The minimum absolute atomic E-state index is 0.712. The SMILES string of the molecule is CCCCCCCCCCCCCCCCSC(C)Cn1cc[n+](C)c1. The van der Waals surface area contributed by atoms with E-state index in [4.69, 9.17) is 0 Å². The number of hydrogen-bond donors (Lipinski definition) is 0. The summed E-state index contributed by atoms with van der Waals surface area (Å²) in [5.41, 5.74) is 0. The van der Waals surface area contributed by atoms with Crippen LogP contribution in [0.3, 0.4) is 0 Å². The second kappa shape index (κ2) is 16.7. The van der Waals surface area contributed by atoms with Gasteiger partial charge in [-0.05, 0) is 19.1 Å². The van der Waals surface area contributed by atoms with E-state index in [0.29, 0.717) is 5.25 Å². The summed E-state index contributed by atoms with van der Waals surface area (Å²) in [6, 6.07) is 0. The highest BCUT2D eigenvalue weighted by molar-refractivity contribution is 7.99. The fraction of sp³-hybridized carbons (Fsp3) is 0.870. The third kappa shape index (κ3) is 13.7. The van der Waals surface area contributed by atoms with Crippen molar-refractivity contribution in [1.82, 2.24) is 4.57 Å². The van der Waals surface area contributed by atoms with E-state index < -0.39 is 0 Å². The summed E-state index contributed by atoms with van der Waals surface area (Å²) >= 11 is 2.13. The molecule has 0 N–H and O–H groups in total. The minimum Gasteiger partial charge on any atom is -0.240 e. The lowest BCUT2D eigenvalue weighted by Crippen LogP contribution is -2.24. The van der Waals surface area contributed by atoms with Crippen LogP contribution in [0.25, 0.3) is 0 Å². The van der Waals surface area contributed by atoms with Crippen LogP contribution < -0.4 is 4.57 Å². The molecule has 1 atom stereocenters. The Morgan fingerprint density at radius 2 is 1.31 bits per heavy atom. The maximum absolute atomic E-state index is 2.36. The van der Waals surface area contributed by atoms with Gasteiger partial charge in [0.2, 0.25) is 6.33 Å². The highest BCUT2D eigenvalue weighted by Gasteiger charge is 2.07. The highest BCUT2D eigenvalue weighted by Crippen LogP contribution is 2.17. The van der Waals surface area contributed by atoms with Crippen LogP contribution >= 0.6 is 11.8 Å². The Bertz CT molecular complexity index is 416. The molecule has 3 heteroatoms. The molecule has 0 saturated carbocycles. The van der Waals surface area contributed by atoms with Crippen molar-refractivity contribution in [2.45, 2.75) is 116 Å². The van der Waals surface area contributed by atoms with E-state index in [1.807, 2.05) is 0 Å². The Hall–Kier alpha value is -0.440. The zero-order valence-corrected chi connectivity index (χ0v) is 18.7. The number of unbranched alkanes of at least 4 members (excludes halogenated alkanes) is 13. The molecule has 1 aromatic rings. The normalized spacial score (nSPS) is 12.6. The van der Waals surface area contributed by atoms with Crippen molar-refractivity contribution in [3.63, 3.8) is 0 Å². The third-order valence-corrected chi connectivity index (χ3v) is 6.43. The van der Waals surface area contributed by atoms with Gasteiger partial charge in [-0.15, -0.1) is 0 Å². The number of nitrogens with zero attached hydrogens (tertiary/aromatic N) is 2. The molecular formula is C23H45N2S+. The van der Waals surface area contributed by atoms with Crippen LogP contribution in [-0.4, -0.2) is 15.6 Å². The molecule has 0 fully saturated rings. The molecule has 0 aliphatic rings. The minimum atomic E-state index is 0.712. The summed E-state index contributed by atoms with van der Waals surface area (Å²) in [6.07, 6.45) is 26.7. The average Bonchev–Trinajstić information content (AvgIpc) is 3.03. The zero-order chi connectivity index (χ0) is 18.9. The van der Waals surface area contributed by atoms with Gasteiger partial charge in [0.25, 0.3) is 0 Å². The summed E-state index contributed by atoms with van der Waals surface area (Å²) in [6.45, 7) is 5.78. The first-order chi connectivity index (χ1) is 12.7. The van der Waals surface area contributed by atoms with Gasteiger partial charge in [-0.25, -0.2) is 9.13 Å². The van der Waals surface area contributed by atoms with Crippen LogP contribution in [0.2, 0.25) is 0 Å². The van der Waals surface area contributed by atoms with Crippen molar-refractivity contribution >= 4 is 11.8 Å². The Morgan fingerprint density at radius 1 is 0.808 bits per heavy atom. The lowest BCUT2D eigenvalue weighted by molar-refractivity contribution is -0.671. The number of aryl methyl sites for hydroxylation is 1. The molecule has 26 heavy (non-hydrogen) atoms. The fourth-order valence-corrected chi connectivity index (χ4v) is 4.59. The molecule has 1 rings (SSSR count). The van der Waals surface area contributed by atoms with Crippen LogP contribution in [0.5, 0.6) is 0 Å². The van der Waals surface area contributed by atoms with Crippen molar-refractivity contribution in [1.29, 1.82) is 0 Å². The summed E-state index contributed by atoms with van der Waals surface area (Å²) < 4.78 is 4.41. The summed E-state index contributed by atoms with van der Waals surface area (Å²) in [5, 5.41) is 0.712. The largest absolute Gasteiger partial charge is 0.243 e.